The smallest absolute Gasteiger partial charge is 0.405 e. The number of Topliss-reactive ketones (excluding diaryl/α,β-unsaturated/α-hetero) is 1. The largest absolute Gasteiger partial charge is 0.439 e. The third-order valence-electron chi connectivity index (χ3n) is 8.19. The van der Waals surface area contributed by atoms with Crippen molar-refractivity contribution in [2.45, 2.75) is 77.8 Å². The number of likely N-dealkylation sites (tertiary alicyclic amines) is 1. The Labute approximate surface area is 253 Å². The minimum atomic E-state index is -0.990. The Morgan fingerprint density at radius 2 is 1.77 bits per heavy atom. The number of ether oxygens (including phenoxy) is 3. The number of nitrogens with two attached hydrogens (primary N) is 1. The minimum absolute atomic E-state index is 0.0729. The summed E-state index contributed by atoms with van der Waals surface area (Å²) in [5.41, 5.74) is 6.91. The average Bonchev–Trinajstić information content (AvgIpc) is 3.48. The average molecular weight is 600 g/mol. The highest BCUT2D eigenvalue weighted by atomic mass is 16.6. The molecule has 0 aromatic carbocycles. The van der Waals surface area contributed by atoms with Crippen LogP contribution in [-0.4, -0.2) is 85.3 Å². The predicted molar refractivity (Wildman–Crippen MR) is 160 cm³/mol. The lowest BCUT2D eigenvalue weighted by Crippen LogP contribution is -2.38. The van der Waals surface area contributed by atoms with E-state index < -0.39 is 48.1 Å². The van der Waals surface area contributed by atoms with Gasteiger partial charge in [0.1, 0.15) is 6.10 Å². The molecule has 3 aliphatic rings. The van der Waals surface area contributed by atoms with Gasteiger partial charge in [-0.25, -0.2) is 4.79 Å². The van der Waals surface area contributed by atoms with Gasteiger partial charge in [-0.15, -0.1) is 0 Å². The second-order valence-electron chi connectivity index (χ2n) is 11.6. The molecule has 0 unspecified atom stereocenters. The maximum Gasteiger partial charge on any atom is 0.405 e. The van der Waals surface area contributed by atoms with Gasteiger partial charge in [-0.1, -0.05) is 38.2 Å². The summed E-state index contributed by atoms with van der Waals surface area (Å²) in [4.78, 5) is 53.9. The van der Waals surface area contributed by atoms with E-state index in [1.165, 1.54) is 26.4 Å². The zero-order valence-corrected chi connectivity index (χ0v) is 25.9. The van der Waals surface area contributed by atoms with E-state index in [-0.39, 0.29) is 29.4 Å². The second kappa shape index (κ2) is 15.3. The van der Waals surface area contributed by atoms with Crippen LogP contribution in [0.4, 0.5) is 4.79 Å². The van der Waals surface area contributed by atoms with Crippen molar-refractivity contribution in [3.05, 3.63) is 58.5 Å². The fourth-order valence-corrected chi connectivity index (χ4v) is 5.86. The molecule has 2 heterocycles. The molecular weight excluding hydrogens is 554 g/mol. The summed E-state index contributed by atoms with van der Waals surface area (Å²) in [5.74, 6) is -1.83. The molecule has 3 rings (SSSR count). The molecule has 2 amide bonds. The number of nitrogens with zero attached hydrogens (tertiary/aromatic N) is 1. The number of hydrogen-bond donors (Lipinski definition) is 3. The summed E-state index contributed by atoms with van der Waals surface area (Å²) in [7, 11) is 2.96. The first-order chi connectivity index (χ1) is 20.4. The van der Waals surface area contributed by atoms with Crippen molar-refractivity contribution >= 4 is 23.6 Å². The molecule has 236 valence electrons. The number of ketones is 2. The van der Waals surface area contributed by atoms with Crippen LogP contribution in [0.25, 0.3) is 0 Å². The first-order valence-corrected chi connectivity index (χ1v) is 14.7. The van der Waals surface area contributed by atoms with E-state index in [2.05, 4.69) is 5.32 Å². The molecule has 0 spiro atoms. The number of carbonyl (C=O) groups excluding carboxylic acids is 4. The van der Waals surface area contributed by atoms with Gasteiger partial charge in [0.15, 0.2) is 6.10 Å². The number of aliphatic hydroxyl groups excluding tert-OH is 1. The lowest BCUT2D eigenvalue weighted by molar-refractivity contribution is -0.120. The number of allylic oxidation sites excluding steroid dienone is 4. The molecule has 43 heavy (non-hydrogen) atoms. The third kappa shape index (κ3) is 8.52. The van der Waals surface area contributed by atoms with Gasteiger partial charge in [-0.05, 0) is 51.0 Å². The van der Waals surface area contributed by atoms with Crippen LogP contribution in [0.3, 0.4) is 0 Å². The van der Waals surface area contributed by atoms with Crippen LogP contribution in [0, 0.1) is 11.8 Å². The molecule has 1 aliphatic carbocycles. The van der Waals surface area contributed by atoms with Gasteiger partial charge in [0, 0.05) is 50.4 Å². The van der Waals surface area contributed by atoms with Gasteiger partial charge in [-0.3, -0.25) is 14.4 Å². The minimum Gasteiger partial charge on any atom is -0.439 e. The molecule has 0 aromatic heterocycles. The van der Waals surface area contributed by atoms with E-state index >= 15 is 0 Å². The zero-order valence-electron chi connectivity index (χ0n) is 25.9. The first-order valence-electron chi connectivity index (χ1n) is 14.7. The van der Waals surface area contributed by atoms with Crippen LogP contribution in [-0.2, 0) is 28.6 Å². The molecule has 1 saturated heterocycles. The molecule has 0 saturated carbocycles. The molecule has 0 radical (unpaired) electrons. The number of hydrogen-bond acceptors (Lipinski definition) is 9. The summed E-state index contributed by atoms with van der Waals surface area (Å²) in [5, 5.41) is 13.9. The van der Waals surface area contributed by atoms with Crippen molar-refractivity contribution in [2.24, 2.45) is 17.6 Å². The zero-order chi connectivity index (χ0) is 31.8. The van der Waals surface area contributed by atoms with Crippen LogP contribution in [0.15, 0.2) is 58.5 Å². The standard InChI is InChI=1S/C32H45N3O8/c1-18-14-22-27(35-12-7-8-13-35)24(36)17-23(29(22)38)34-31(39)19(2)10-9-11-25(41-5)30(43-32(33)40)21(4)16-20(3)28(37)26(15-18)42-6/h9-11,16-18,20,25-26,28,30,37H,7-8,12-15H2,1-6H3,(H2,33,40)(H,34,39)/b11-9-,19-10+,21-16+/t18-,20+,25+,26-,28+,30+/m1/s1. The highest BCUT2D eigenvalue weighted by Crippen LogP contribution is 2.32. The van der Waals surface area contributed by atoms with Crippen LogP contribution in [0.1, 0.15) is 53.4 Å². The number of nitrogens with one attached hydrogen (secondary N) is 1. The number of methoxy groups -OCH3 is 2. The number of rotatable bonds is 4. The van der Waals surface area contributed by atoms with E-state index in [0.717, 1.165) is 12.8 Å². The Morgan fingerprint density at radius 3 is 2.37 bits per heavy atom. The summed E-state index contributed by atoms with van der Waals surface area (Å²) >= 11 is 0. The van der Waals surface area contributed by atoms with Crippen LogP contribution < -0.4 is 11.1 Å². The van der Waals surface area contributed by atoms with Gasteiger partial charge in [0.25, 0.3) is 5.91 Å². The SMILES string of the molecule is CO[C@H]1/C=C\C=C(/C)C(=O)NC2=CC(=O)C(N3CCCC3)=C(C[C@@H](C)C[C@@H](OC)[C@@H](O)[C@@H](C)/C=C(\C)[C@@H]1OC(N)=O)C2=O. The lowest BCUT2D eigenvalue weighted by atomic mass is 9.85. The molecule has 6 atom stereocenters. The van der Waals surface area contributed by atoms with Gasteiger partial charge in [-0.2, -0.15) is 0 Å². The fraction of sp³-hybridized carbons (Fsp3) is 0.562. The molecule has 2 bridgehead atoms. The van der Waals surface area contributed by atoms with Gasteiger partial charge in [0.05, 0.1) is 23.6 Å². The van der Waals surface area contributed by atoms with Crippen molar-refractivity contribution in [2.75, 3.05) is 27.3 Å². The van der Waals surface area contributed by atoms with Crippen LogP contribution >= 0.6 is 0 Å². The second-order valence-corrected chi connectivity index (χ2v) is 11.6. The number of amides is 2. The lowest BCUT2D eigenvalue weighted by Gasteiger charge is -2.31. The van der Waals surface area contributed by atoms with Crippen molar-refractivity contribution < 1.29 is 38.5 Å². The molecule has 0 aromatic rings. The third-order valence-corrected chi connectivity index (χ3v) is 8.19. The summed E-state index contributed by atoms with van der Waals surface area (Å²) in [6.07, 6.45) is 6.01. The van der Waals surface area contributed by atoms with E-state index in [4.69, 9.17) is 19.9 Å². The Bertz CT molecular complexity index is 1240. The molecular formula is C32H45N3O8. The normalized spacial score (nSPS) is 33.2. The maximum absolute atomic E-state index is 13.8. The number of primary amides is 1. The van der Waals surface area contributed by atoms with E-state index in [0.29, 0.717) is 36.4 Å². The predicted octanol–water partition coefficient (Wildman–Crippen LogP) is 2.86. The Morgan fingerprint density at radius 1 is 1.09 bits per heavy atom. The highest BCUT2D eigenvalue weighted by Gasteiger charge is 2.35. The highest BCUT2D eigenvalue weighted by molar-refractivity contribution is 6.23. The van der Waals surface area contributed by atoms with Gasteiger partial charge in [0.2, 0.25) is 11.6 Å². The first kappa shape index (κ1) is 34.0. The number of carbonyl (C=O) groups is 4. The van der Waals surface area contributed by atoms with E-state index in [1.807, 2.05) is 18.7 Å². The van der Waals surface area contributed by atoms with Gasteiger partial charge < -0.3 is 35.3 Å². The maximum atomic E-state index is 13.8. The van der Waals surface area contributed by atoms with Crippen LogP contribution in [0.2, 0.25) is 0 Å². The Hall–Kier alpha value is -3.54. The molecule has 11 nitrogen and oxygen atoms in total. The number of fused-ring (bicyclic) bond motifs is 2. The number of aliphatic hydroxyl groups is 1. The Balaban J connectivity index is 2.08. The van der Waals surface area contributed by atoms with Crippen molar-refractivity contribution in [1.82, 2.24) is 10.2 Å². The molecule has 1 fully saturated rings. The monoisotopic (exact) mass is 599 g/mol. The molecule has 4 N–H and O–H groups in total. The van der Waals surface area contributed by atoms with Crippen molar-refractivity contribution in [3.63, 3.8) is 0 Å². The van der Waals surface area contributed by atoms with E-state index in [9.17, 15) is 24.3 Å². The molecule has 11 heteroatoms. The summed E-state index contributed by atoms with van der Waals surface area (Å²) in [6, 6.07) is 0. The Kier molecular flexibility index (Phi) is 12.1. The molecule has 2 aliphatic heterocycles. The summed E-state index contributed by atoms with van der Waals surface area (Å²) in [6.45, 7) is 8.45. The topological polar surface area (TPSA) is 157 Å². The quantitative estimate of drug-likeness (QED) is 0.326. The fourth-order valence-electron chi connectivity index (χ4n) is 5.86. The van der Waals surface area contributed by atoms with Crippen molar-refractivity contribution in [3.8, 4) is 0 Å². The summed E-state index contributed by atoms with van der Waals surface area (Å²) < 4.78 is 16.7. The van der Waals surface area contributed by atoms with E-state index in [1.54, 1.807) is 32.1 Å². The van der Waals surface area contributed by atoms with Crippen molar-refractivity contribution in [1.29, 1.82) is 0 Å². The van der Waals surface area contributed by atoms with Crippen LogP contribution in [0.5, 0.6) is 0 Å². The van der Waals surface area contributed by atoms with Gasteiger partial charge >= 0.3 is 6.09 Å².